The van der Waals surface area contributed by atoms with Crippen molar-refractivity contribution in [2.75, 3.05) is 6.54 Å². The Hall–Kier alpha value is -2.04. The normalized spacial score (nSPS) is 12.0. The maximum atomic E-state index is 11.9. The summed E-state index contributed by atoms with van der Waals surface area (Å²) in [5, 5.41) is 22.3. The molecule has 3 N–H and O–H groups in total. The number of aromatic hydroxyl groups is 1. The van der Waals surface area contributed by atoms with Crippen molar-refractivity contribution >= 4 is 17.5 Å². The summed E-state index contributed by atoms with van der Waals surface area (Å²) in [4.78, 5) is 11.9. The molecule has 0 aliphatic carbocycles. The highest BCUT2D eigenvalue weighted by Crippen LogP contribution is 2.22. The number of phenolic OH excluding ortho intramolecular Hbond substituents is 1. The molecule has 0 bridgehead atoms. The molecule has 4 nitrogen and oxygen atoms in total. The highest BCUT2D eigenvalue weighted by molar-refractivity contribution is 6.31. The topological polar surface area (TPSA) is 69.6 Å². The predicted octanol–water partition coefficient (Wildman–Crippen LogP) is 2.75. The van der Waals surface area contributed by atoms with Crippen molar-refractivity contribution in [2.24, 2.45) is 0 Å². The fourth-order valence-electron chi connectivity index (χ4n) is 2.03. The van der Waals surface area contributed by atoms with E-state index in [2.05, 4.69) is 5.32 Å². The summed E-state index contributed by atoms with van der Waals surface area (Å²) in [6.45, 7) is 2.11. The standard InChI is InChI=1S/C17H18ClNO3/c1-11-2-4-12(5-3-11)16(21)10-19-17(22)8-13-6-7-14(20)9-15(13)18/h2-7,9,16,20-21H,8,10H2,1H3,(H,19,22). The number of rotatable bonds is 5. The molecule has 1 amide bonds. The summed E-state index contributed by atoms with van der Waals surface area (Å²) in [6, 6.07) is 12.0. The molecule has 0 saturated heterocycles. The quantitative estimate of drug-likeness (QED) is 0.793. The van der Waals surface area contributed by atoms with Crippen LogP contribution in [0.1, 0.15) is 22.8 Å². The molecule has 2 aromatic rings. The molecule has 2 rings (SSSR count). The van der Waals surface area contributed by atoms with Crippen molar-refractivity contribution in [1.29, 1.82) is 0 Å². The van der Waals surface area contributed by atoms with Gasteiger partial charge < -0.3 is 15.5 Å². The van der Waals surface area contributed by atoms with E-state index in [9.17, 15) is 15.0 Å². The van der Waals surface area contributed by atoms with Crippen molar-refractivity contribution in [2.45, 2.75) is 19.4 Å². The third kappa shape index (κ3) is 4.48. The molecule has 0 aromatic heterocycles. The number of amides is 1. The first-order valence-electron chi connectivity index (χ1n) is 6.94. The number of phenols is 1. The lowest BCUT2D eigenvalue weighted by Gasteiger charge is -2.13. The number of aliphatic hydroxyl groups excluding tert-OH is 1. The fourth-order valence-corrected chi connectivity index (χ4v) is 2.27. The van der Waals surface area contributed by atoms with Gasteiger partial charge in [0.05, 0.1) is 12.5 Å². The molecule has 0 fully saturated rings. The first-order chi connectivity index (χ1) is 10.5. The molecule has 0 aliphatic heterocycles. The van der Waals surface area contributed by atoms with Gasteiger partial charge >= 0.3 is 0 Å². The van der Waals surface area contributed by atoms with Gasteiger partial charge in [0.2, 0.25) is 5.91 Å². The summed E-state index contributed by atoms with van der Waals surface area (Å²) >= 11 is 5.96. The number of carbonyl (C=O) groups is 1. The summed E-state index contributed by atoms with van der Waals surface area (Å²) in [5.74, 6) is -0.178. The molecule has 5 heteroatoms. The van der Waals surface area contributed by atoms with E-state index in [-0.39, 0.29) is 24.6 Å². The smallest absolute Gasteiger partial charge is 0.224 e. The van der Waals surface area contributed by atoms with E-state index in [1.807, 2.05) is 31.2 Å². The Labute approximate surface area is 134 Å². The number of aliphatic hydroxyl groups is 1. The number of nitrogens with one attached hydrogen (secondary N) is 1. The van der Waals surface area contributed by atoms with Crippen LogP contribution in [0.4, 0.5) is 0 Å². The van der Waals surface area contributed by atoms with Gasteiger partial charge in [-0.05, 0) is 30.2 Å². The lowest BCUT2D eigenvalue weighted by Crippen LogP contribution is -2.29. The zero-order valence-corrected chi connectivity index (χ0v) is 13.0. The molecule has 1 unspecified atom stereocenters. The molecule has 1 atom stereocenters. The van der Waals surface area contributed by atoms with Gasteiger partial charge in [-0.25, -0.2) is 0 Å². The van der Waals surface area contributed by atoms with Crippen LogP contribution >= 0.6 is 11.6 Å². The van der Waals surface area contributed by atoms with Crippen LogP contribution in [0.25, 0.3) is 0 Å². The highest BCUT2D eigenvalue weighted by atomic mass is 35.5. The van der Waals surface area contributed by atoms with Crippen LogP contribution in [-0.4, -0.2) is 22.7 Å². The van der Waals surface area contributed by atoms with Gasteiger partial charge in [-0.1, -0.05) is 47.5 Å². The zero-order chi connectivity index (χ0) is 16.1. The minimum atomic E-state index is -0.750. The summed E-state index contributed by atoms with van der Waals surface area (Å²) in [7, 11) is 0. The maximum Gasteiger partial charge on any atom is 0.224 e. The predicted molar refractivity (Wildman–Crippen MR) is 86.0 cm³/mol. The SMILES string of the molecule is Cc1ccc(C(O)CNC(=O)Cc2ccc(O)cc2Cl)cc1. The van der Waals surface area contributed by atoms with Crippen molar-refractivity contribution in [3.05, 3.63) is 64.2 Å². The second kappa shape index (κ2) is 7.29. The van der Waals surface area contributed by atoms with Gasteiger partial charge in [0.15, 0.2) is 0 Å². The van der Waals surface area contributed by atoms with E-state index in [0.717, 1.165) is 11.1 Å². The van der Waals surface area contributed by atoms with Crippen molar-refractivity contribution < 1.29 is 15.0 Å². The van der Waals surface area contributed by atoms with Crippen LogP contribution in [0.3, 0.4) is 0 Å². The average molecular weight is 320 g/mol. The Bertz CT molecular complexity index is 655. The summed E-state index contributed by atoms with van der Waals surface area (Å²) in [6.07, 6.45) is -0.653. The number of carbonyl (C=O) groups excluding carboxylic acids is 1. The lowest BCUT2D eigenvalue weighted by atomic mass is 10.1. The number of hydrogen-bond donors (Lipinski definition) is 3. The maximum absolute atomic E-state index is 11.9. The summed E-state index contributed by atoms with van der Waals surface area (Å²) < 4.78 is 0. The van der Waals surface area contributed by atoms with Gasteiger partial charge in [0, 0.05) is 11.6 Å². The second-order valence-electron chi connectivity index (χ2n) is 5.18. The molecular formula is C17H18ClNO3. The van der Waals surface area contributed by atoms with Crippen LogP contribution in [0.2, 0.25) is 5.02 Å². The number of aryl methyl sites for hydroxylation is 1. The van der Waals surface area contributed by atoms with E-state index < -0.39 is 6.10 Å². The second-order valence-corrected chi connectivity index (χ2v) is 5.59. The highest BCUT2D eigenvalue weighted by Gasteiger charge is 2.11. The van der Waals surface area contributed by atoms with E-state index in [1.54, 1.807) is 6.07 Å². The molecule has 0 heterocycles. The Morgan fingerprint density at radius 1 is 1.23 bits per heavy atom. The van der Waals surface area contributed by atoms with Crippen LogP contribution in [-0.2, 0) is 11.2 Å². The van der Waals surface area contributed by atoms with Gasteiger partial charge in [0.1, 0.15) is 5.75 Å². The lowest BCUT2D eigenvalue weighted by molar-refractivity contribution is -0.120. The molecule has 116 valence electrons. The van der Waals surface area contributed by atoms with Crippen LogP contribution in [0.15, 0.2) is 42.5 Å². The molecule has 22 heavy (non-hydrogen) atoms. The zero-order valence-electron chi connectivity index (χ0n) is 12.2. The molecule has 0 saturated carbocycles. The van der Waals surface area contributed by atoms with Gasteiger partial charge in [-0.3, -0.25) is 4.79 Å². The monoisotopic (exact) mass is 319 g/mol. The van der Waals surface area contributed by atoms with Crippen LogP contribution < -0.4 is 5.32 Å². The molecule has 0 radical (unpaired) electrons. The average Bonchev–Trinajstić information content (AvgIpc) is 2.48. The first-order valence-corrected chi connectivity index (χ1v) is 7.32. The van der Waals surface area contributed by atoms with E-state index in [4.69, 9.17) is 11.6 Å². The third-order valence-electron chi connectivity index (χ3n) is 3.34. The van der Waals surface area contributed by atoms with Crippen LogP contribution in [0, 0.1) is 6.92 Å². The minimum Gasteiger partial charge on any atom is -0.508 e. The molecule has 0 spiro atoms. The Balaban J connectivity index is 1.88. The summed E-state index contributed by atoms with van der Waals surface area (Å²) in [5.41, 5.74) is 2.50. The van der Waals surface area contributed by atoms with E-state index in [0.29, 0.717) is 10.6 Å². The first kappa shape index (κ1) is 16.3. The Morgan fingerprint density at radius 3 is 2.55 bits per heavy atom. The number of benzene rings is 2. The van der Waals surface area contributed by atoms with Crippen molar-refractivity contribution in [3.63, 3.8) is 0 Å². The van der Waals surface area contributed by atoms with Gasteiger partial charge in [-0.15, -0.1) is 0 Å². The van der Waals surface area contributed by atoms with Crippen molar-refractivity contribution in [1.82, 2.24) is 5.32 Å². The largest absolute Gasteiger partial charge is 0.508 e. The van der Waals surface area contributed by atoms with Crippen LogP contribution in [0.5, 0.6) is 5.75 Å². The van der Waals surface area contributed by atoms with E-state index >= 15 is 0 Å². The Morgan fingerprint density at radius 2 is 1.91 bits per heavy atom. The van der Waals surface area contributed by atoms with Gasteiger partial charge in [-0.2, -0.15) is 0 Å². The minimum absolute atomic E-state index is 0.0592. The molecule has 2 aromatic carbocycles. The van der Waals surface area contributed by atoms with Crippen molar-refractivity contribution in [3.8, 4) is 5.75 Å². The fraction of sp³-hybridized carbons (Fsp3) is 0.235. The molecule has 0 aliphatic rings. The number of halogens is 1. The Kier molecular flexibility index (Phi) is 5.41. The van der Waals surface area contributed by atoms with Gasteiger partial charge in [0.25, 0.3) is 0 Å². The third-order valence-corrected chi connectivity index (χ3v) is 3.69. The molecular weight excluding hydrogens is 302 g/mol. The number of hydrogen-bond acceptors (Lipinski definition) is 3. The van der Waals surface area contributed by atoms with E-state index in [1.165, 1.54) is 12.1 Å².